The monoisotopic (exact) mass is 290 g/mol. The number of rotatable bonds is 5. The first-order valence-electron chi connectivity index (χ1n) is 7.83. The number of hydrogen-bond acceptors (Lipinski definition) is 3. The molecule has 21 heavy (non-hydrogen) atoms. The van der Waals surface area contributed by atoms with Gasteiger partial charge in [-0.25, -0.2) is 0 Å². The average molecular weight is 290 g/mol. The van der Waals surface area contributed by atoms with Crippen molar-refractivity contribution in [1.29, 1.82) is 0 Å². The predicted molar refractivity (Wildman–Crippen MR) is 84.0 cm³/mol. The molecule has 0 bridgehead atoms. The van der Waals surface area contributed by atoms with E-state index >= 15 is 0 Å². The fraction of sp³-hybridized carbons (Fsp3) is 0.588. The summed E-state index contributed by atoms with van der Waals surface area (Å²) in [5, 5.41) is 0. The van der Waals surface area contributed by atoms with Crippen LogP contribution in [0.5, 0.6) is 5.75 Å². The van der Waals surface area contributed by atoms with Crippen molar-refractivity contribution < 1.29 is 9.53 Å². The summed E-state index contributed by atoms with van der Waals surface area (Å²) in [7, 11) is 1.87. The summed E-state index contributed by atoms with van der Waals surface area (Å²) < 4.78 is 5.62. The van der Waals surface area contributed by atoms with Crippen molar-refractivity contribution in [1.82, 2.24) is 4.90 Å². The molecule has 1 aromatic rings. The van der Waals surface area contributed by atoms with E-state index in [2.05, 4.69) is 0 Å². The molecule has 1 aliphatic rings. The van der Waals surface area contributed by atoms with Crippen LogP contribution in [-0.4, -0.2) is 30.5 Å². The highest BCUT2D eigenvalue weighted by molar-refractivity contribution is 5.78. The average Bonchev–Trinajstić information content (AvgIpc) is 2.49. The van der Waals surface area contributed by atoms with Crippen molar-refractivity contribution in [2.45, 2.75) is 45.2 Å². The number of para-hydroxylation sites is 1. The van der Waals surface area contributed by atoms with Gasteiger partial charge in [0.25, 0.3) is 0 Å². The van der Waals surface area contributed by atoms with Crippen LogP contribution < -0.4 is 10.5 Å². The second-order valence-electron chi connectivity index (χ2n) is 5.85. The summed E-state index contributed by atoms with van der Waals surface area (Å²) in [5.41, 5.74) is 6.97. The van der Waals surface area contributed by atoms with Crippen molar-refractivity contribution in [3.8, 4) is 5.75 Å². The van der Waals surface area contributed by atoms with Gasteiger partial charge >= 0.3 is 0 Å². The maximum absolute atomic E-state index is 12.5. The highest BCUT2D eigenvalue weighted by atomic mass is 16.5. The molecular weight excluding hydrogens is 264 g/mol. The number of amides is 1. The smallest absolute Gasteiger partial charge is 0.225 e. The van der Waals surface area contributed by atoms with Gasteiger partial charge in [-0.2, -0.15) is 0 Å². The SMILES string of the molecule is CCOc1ccccc1CN(C)C(=O)C1CCC(N)CC1. The molecule has 4 heteroatoms. The van der Waals surface area contributed by atoms with Crippen LogP contribution in [-0.2, 0) is 11.3 Å². The largest absolute Gasteiger partial charge is 0.494 e. The van der Waals surface area contributed by atoms with Crippen LogP contribution in [0.2, 0.25) is 0 Å². The maximum Gasteiger partial charge on any atom is 0.225 e. The normalized spacial score (nSPS) is 21.9. The van der Waals surface area contributed by atoms with Crippen molar-refractivity contribution in [2.24, 2.45) is 11.7 Å². The van der Waals surface area contributed by atoms with E-state index in [1.54, 1.807) is 0 Å². The molecule has 1 aromatic carbocycles. The molecular formula is C17H26N2O2. The quantitative estimate of drug-likeness (QED) is 0.906. The minimum atomic E-state index is 0.133. The number of ether oxygens (including phenoxy) is 1. The van der Waals surface area contributed by atoms with Gasteiger partial charge in [0.05, 0.1) is 6.61 Å². The number of nitrogens with zero attached hydrogens (tertiary/aromatic N) is 1. The summed E-state index contributed by atoms with van der Waals surface area (Å²) in [4.78, 5) is 14.3. The van der Waals surface area contributed by atoms with E-state index < -0.39 is 0 Å². The standard InChI is InChI=1S/C17H26N2O2/c1-3-21-16-7-5-4-6-14(16)12-19(2)17(20)13-8-10-15(18)11-9-13/h4-7,13,15H,3,8-12,18H2,1-2H3. The molecule has 0 unspecified atom stereocenters. The first-order valence-corrected chi connectivity index (χ1v) is 7.83. The Morgan fingerprint density at radius 3 is 2.62 bits per heavy atom. The predicted octanol–water partition coefficient (Wildman–Crippen LogP) is 2.56. The molecule has 116 valence electrons. The van der Waals surface area contributed by atoms with E-state index in [4.69, 9.17) is 10.5 Å². The molecule has 0 saturated heterocycles. The number of hydrogen-bond donors (Lipinski definition) is 1. The molecule has 0 spiro atoms. The van der Waals surface area contributed by atoms with Crippen LogP contribution in [0, 0.1) is 5.92 Å². The molecule has 4 nitrogen and oxygen atoms in total. The van der Waals surface area contributed by atoms with Crippen molar-refractivity contribution >= 4 is 5.91 Å². The second-order valence-corrected chi connectivity index (χ2v) is 5.85. The van der Waals surface area contributed by atoms with Crippen LogP contribution >= 0.6 is 0 Å². The maximum atomic E-state index is 12.5. The Kier molecular flexibility index (Phi) is 5.62. The highest BCUT2D eigenvalue weighted by Crippen LogP contribution is 2.26. The summed E-state index contributed by atoms with van der Waals surface area (Å²) in [6.45, 7) is 3.20. The van der Waals surface area contributed by atoms with Crippen LogP contribution in [0.25, 0.3) is 0 Å². The summed E-state index contributed by atoms with van der Waals surface area (Å²) in [6.07, 6.45) is 3.74. The van der Waals surface area contributed by atoms with Gasteiger partial charge in [0, 0.05) is 31.1 Å². The Balaban J connectivity index is 1.97. The number of carbonyl (C=O) groups is 1. The van der Waals surface area contributed by atoms with Crippen LogP contribution in [0.1, 0.15) is 38.2 Å². The zero-order valence-electron chi connectivity index (χ0n) is 13.0. The summed E-state index contributed by atoms with van der Waals surface area (Å²) in [5.74, 6) is 1.23. The molecule has 0 aromatic heterocycles. The molecule has 2 N–H and O–H groups in total. The molecule has 1 amide bonds. The van der Waals surface area contributed by atoms with Crippen molar-refractivity contribution in [3.63, 3.8) is 0 Å². The van der Waals surface area contributed by atoms with Gasteiger partial charge < -0.3 is 15.4 Å². The highest BCUT2D eigenvalue weighted by Gasteiger charge is 2.27. The van der Waals surface area contributed by atoms with E-state index in [1.165, 1.54) is 0 Å². The second kappa shape index (κ2) is 7.46. The van der Waals surface area contributed by atoms with Gasteiger partial charge in [-0.1, -0.05) is 18.2 Å². The number of benzene rings is 1. The molecule has 1 aliphatic carbocycles. The third-order valence-corrected chi connectivity index (χ3v) is 4.18. The lowest BCUT2D eigenvalue weighted by Gasteiger charge is -2.29. The molecule has 1 saturated carbocycles. The van der Waals surface area contributed by atoms with Gasteiger partial charge in [0.1, 0.15) is 5.75 Å². The van der Waals surface area contributed by atoms with Gasteiger partial charge in [0.2, 0.25) is 5.91 Å². The van der Waals surface area contributed by atoms with E-state index in [0.29, 0.717) is 13.2 Å². The fourth-order valence-electron chi connectivity index (χ4n) is 2.94. The first-order chi connectivity index (χ1) is 10.1. The molecule has 0 heterocycles. The molecule has 2 rings (SSSR count). The van der Waals surface area contributed by atoms with Crippen molar-refractivity contribution in [3.05, 3.63) is 29.8 Å². The minimum Gasteiger partial charge on any atom is -0.494 e. The van der Waals surface area contributed by atoms with Crippen LogP contribution in [0.15, 0.2) is 24.3 Å². The summed E-state index contributed by atoms with van der Waals surface area (Å²) >= 11 is 0. The topological polar surface area (TPSA) is 55.6 Å². The molecule has 0 aliphatic heterocycles. The molecule has 0 atom stereocenters. The Morgan fingerprint density at radius 1 is 1.29 bits per heavy atom. The number of nitrogens with two attached hydrogens (primary N) is 1. The third kappa shape index (κ3) is 4.21. The lowest BCUT2D eigenvalue weighted by molar-refractivity contribution is -0.135. The first kappa shape index (κ1) is 15.8. The van der Waals surface area contributed by atoms with Gasteiger partial charge in [-0.15, -0.1) is 0 Å². The Hall–Kier alpha value is -1.55. The third-order valence-electron chi connectivity index (χ3n) is 4.18. The molecule has 0 radical (unpaired) electrons. The van der Waals surface area contributed by atoms with Crippen molar-refractivity contribution in [2.75, 3.05) is 13.7 Å². The van der Waals surface area contributed by atoms with Gasteiger partial charge in [-0.05, 0) is 38.7 Å². The minimum absolute atomic E-state index is 0.133. The fourth-order valence-corrected chi connectivity index (χ4v) is 2.94. The summed E-state index contributed by atoms with van der Waals surface area (Å²) in [6, 6.07) is 8.19. The zero-order chi connectivity index (χ0) is 15.2. The van der Waals surface area contributed by atoms with Gasteiger partial charge in [0.15, 0.2) is 0 Å². The number of carbonyl (C=O) groups excluding carboxylic acids is 1. The Morgan fingerprint density at radius 2 is 1.95 bits per heavy atom. The lowest BCUT2D eigenvalue weighted by Crippen LogP contribution is -2.37. The lowest BCUT2D eigenvalue weighted by atomic mass is 9.85. The van der Waals surface area contributed by atoms with Gasteiger partial charge in [-0.3, -0.25) is 4.79 Å². The Labute approximate surface area is 127 Å². The van der Waals surface area contributed by atoms with E-state index in [1.807, 2.05) is 43.1 Å². The van der Waals surface area contributed by atoms with Crippen LogP contribution in [0.4, 0.5) is 0 Å². The van der Waals surface area contributed by atoms with E-state index in [9.17, 15) is 4.79 Å². The van der Waals surface area contributed by atoms with Crippen LogP contribution in [0.3, 0.4) is 0 Å². The molecule has 1 fully saturated rings. The Bertz CT molecular complexity index is 468. The zero-order valence-corrected chi connectivity index (χ0v) is 13.0. The van der Waals surface area contributed by atoms with E-state index in [-0.39, 0.29) is 17.9 Å². The van der Waals surface area contributed by atoms with E-state index in [0.717, 1.165) is 37.0 Å².